The first-order valence-electron chi connectivity index (χ1n) is 19.2. The summed E-state index contributed by atoms with van der Waals surface area (Å²) in [6.45, 7) is 0. The van der Waals surface area contributed by atoms with Gasteiger partial charge in [0, 0.05) is 27.8 Å². The second kappa shape index (κ2) is 14.6. The highest BCUT2D eigenvalue weighted by atomic mass is 16.5. The van der Waals surface area contributed by atoms with Crippen LogP contribution in [0.25, 0.3) is 56.4 Å². The fourth-order valence-electron chi connectivity index (χ4n) is 8.15. The fourth-order valence-corrected chi connectivity index (χ4v) is 8.15. The van der Waals surface area contributed by atoms with Crippen LogP contribution in [0.3, 0.4) is 0 Å². The molecule has 1 aliphatic heterocycles. The third kappa shape index (κ3) is 6.10. The highest BCUT2D eigenvalue weighted by molar-refractivity contribution is 5.79. The lowest BCUT2D eigenvalue weighted by atomic mass is 9.63. The Hall–Kier alpha value is -7.94. The lowest BCUT2D eigenvalue weighted by molar-refractivity contribution is 0.435. The summed E-state index contributed by atoms with van der Waals surface area (Å²) in [4.78, 5) is 14.8. The SMILES string of the molecule is N#Cc1ccc(-c2nc(-c3ccccc3)nc(-c3cccc(-c4cccc(-c5ccc6c(c5)Oc5ccccc5C6(c5ccccc5)c5ccccc5)c4)c3)n2)cc1. The standard InChI is InChI=1S/C53H34N4O/c54-35-36-26-28-38(29-27-36)51-55-50(37-14-4-1-5-15-37)56-52(57-51)43-19-13-18-41(33-43)39-16-12-17-40(32-39)42-30-31-47-49(34-42)58-48-25-11-10-24-46(48)53(47,44-20-6-2-7-21-44)45-22-8-3-9-23-45/h1-34H. The summed E-state index contributed by atoms with van der Waals surface area (Å²) in [5.41, 5.74) is 11.4. The number of aromatic nitrogens is 3. The highest BCUT2D eigenvalue weighted by Crippen LogP contribution is 2.55. The van der Waals surface area contributed by atoms with Crippen LogP contribution in [0.1, 0.15) is 27.8 Å². The van der Waals surface area contributed by atoms with E-state index in [0.717, 1.165) is 61.6 Å². The number of hydrogen-bond donors (Lipinski definition) is 0. The van der Waals surface area contributed by atoms with Crippen LogP contribution in [0.5, 0.6) is 11.5 Å². The van der Waals surface area contributed by atoms with E-state index >= 15 is 0 Å². The molecule has 0 saturated carbocycles. The first kappa shape index (κ1) is 34.5. The molecule has 0 saturated heterocycles. The topological polar surface area (TPSA) is 71.7 Å². The summed E-state index contributed by atoms with van der Waals surface area (Å²) >= 11 is 0. The van der Waals surface area contributed by atoms with Crippen molar-refractivity contribution in [3.63, 3.8) is 0 Å². The van der Waals surface area contributed by atoms with Gasteiger partial charge in [0.25, 0.3) is 0 Å². The van der Waals surface area contributed by atoms with Gasteiger partial charge in [-0.1, -0.05) is 158 Å². The maximum Gasteiger partial charge on any atom is 0.164 e. The van der Waals surface area contributed by atoms with Gasteiger partial charge in [0.15, 0.2) is 17.5 Å². The van der Waals surface area contributed by atoms with Crippen molar-refractivity contribution < 1.29 is 4.74 Å². The highest BCUT2D eigenvalue weighted by Gasteiger charge is 2.45. The summed E-state index contributed by atoms with van der Waals surface area (Å²) in [5, 5.41) is 9.37. The molecule has 9 aromatic rings. The van der Waals surface area contributed by atoms with Crippen molar-refractivity contribution in [1.29, 1.82) is 5.26 Å². The molecule has 0 amide bonds. The summed E-state index contributed by atoms with van der Waals surface area (Å²) in [7, 11) is 0. The van der Waals surface area contributed by atoms with E-state index in [1.165, 1.54) is 11.1 Å². The van der Waals surface area contributed by atoms with Crippen molar-refractivity contribution >= 4 is 0 Å². The predicted octanol–water partition coefficient (Wildman–Crippen LogP) is 12.6. The molecule has 58 heavy (non-hydrogen) atoms. The van der Waals surface area contributed by atoms with Crippen molar-refractivity contribution in [3.05, 3.63) is 234 Å². The minimum absolute atomic E-state index is 0.543. The van der Waals surface area contributed by atoms with Gasteiger partial charge in [0.2, 0.25) is 0 Å². The molecule has 1 aliphatic rings. The average molecular weight is 743 g/mol. The Bertz CT molecular complexity index is 2940. The molecule has 10 rings (SSSR count). The Morgan fingerprint density at radius 2 is 0.793 bits per heavy atom. The van der Waals surface area contributed by atoms with E-state index in [-0.39, 0.29) is 0 Å². The quantitative estimate of drug-likeness (QED) is 0.163. The molecular formula is C53H34N4O. The molecule has 5 heteroatoms. The number of rotatable bonds is 7. The Balaban J connectivity index is 1.05. The number of benzene rings is 8. The van der Waals surface area contributed by atoms with E-state index in [1.807, 2.05) is 60.7 Å². The van der Waals surface area contributed by atoms with Crippen LogP contribution in [0.15, 0.2) is 206 Å². The molecule has 0 bridgehead atoms. The van der Waals surface area contributed by atoms with Crippen molar-refractivity contribution in [2.75, 3.05) is 0 Å². The van der Waals surface area contributed by atoms with Gasteiger partial charge in [-0.25, -0.2) is 15.0 Å². The van der Waals surface area contributed by atoms with Crippen LogP contribution < -0.4 is 4.74 Å². The molecule has 1 aromatic heterocycles. The van der Waals surface area contributed by atoms with E-state index in [2.05, 4.69) is 140 Å². The Labute approximate surface area is 337 Å². The van der Waals surface area contributed by atoms with Crippen molar-refractivity contribution in [2.45, 2.75) is 5.41 Å². The number of para-hydroxylation sites is 1. The summed E-state index contributed by atoms with van der Waals surface area (Å²) in [6.07, 6.45) is 0. The minimum Gasteiger partial charge on any atom is -0.457 e. The molecule has 0 aliphatic carbocycles. The van der Waals surface area contributed by atoms with Gasteiger partial charge in [-0.05, 0) is 81.9 Å². The largest absolute Gasteiger partial charge is 0.457 e. The van der Waals surface area contributed by atoms with Gasteiger partial charge in [0.05, 0.1) is 17.0 Å². The second-order valence-electron chi connectivity index (χ2n) is 14.3. The van der Waals surface area contributed by atoms with Crippen LogP contribution in [-0.4, -0.2) is 15.0 Å². The number of nitrogens with zero attached hydrogens (tertiary/aromatic N) is 4. The normalized spacial score (nSPS) is 12.4. The van der Waals surface area contributed by atoms with Crippen LogP contribution in [0, 0.1) is 11.3 Å². The van der Waals surface area contributed by atoms with E-state index in [9.17, 15) is 5.26 Å². The zero-order valence-corrected chi connectivity index (χ0v) is 31.3. The van der Waals surface area contributed by atoms with Crippen LogP contribution >= 0.6 is 0 Å². The molecule has 0 radical (unpaired) electrons. The molecule has 272 valence electrons. The molecule has 2 heterocycles. The third-order valence-electron chi connectivity index (χ3n) is 10.9. The van der Waals surface area contributed by atoms with Gasteiger partial charge >= 0.3 is 0 Å². The number of nitriles is 1. The van der Waals surface area contributed by atoms with Gasteiger partial charge < -0.3 is 4.74 Å². The Kier molecular flexibility index (Phi) is 8.70. The van der Waals surface area contributed by atoms with Gasteiger partial charge in [-0.2, -0.15) is 5.26 Å². The molecule has 0 spiro atoms. The number of fused-ring (bicyclic) bond motifs is 2. The van der Waals surface area contributed by atoms with Crippen LogP contribution in [0.2, 0.25) is 0 Å². The van der Waals surface area contributed by atoms with E-state index in [0.29, 0.717) is 23.0 Å². The zero-order chi connectivity index (χ0) is 38.9. The molecule has 0 fully saturated rings. The molecule has 0 N–H and O–H groups in total. The summed E-state index contributed by atoms with van der Waals surface area (Å²) < 4.78 is 6.78. The molecular weight excluding hydrogens is 709 g/mol. The van der Waals surface area contributed by atoms with Crippen molar-refractivity contribution in [2.24, 2.45) is 0 Å². The smallest absolute Gasteiger partial charge is 0.164 e. The molecule has 0 atom stereocenters. The van der Waals surface area contributed by atoms with Crippen molar-refractivity contribution in [3.8, 4) is 74.0 Å². The van der Waals surface area contributed by atoms with E-state index < -0.39 is 5.41 Å². The first-order valence-corrected chi connectivity index (χ1v) is 19.2. The molecule has 5 nitrogen and oxygen atoms in total. The summed E-state index contributed by atoms with van der Waals surface area (Å²) in [6, 6.07) is 72.9. The molecule has 8 aromatic carbocycles. The molecule has 0 unspecified atom stereocenters. The van der Waals surface area contributed by atoms with Gasteiger partial charge in [-0.3, -0.25) is 0 Å². The van der Waals surface area contributed by atoms with Gasteiger partial charge in [-0.15, -0.1) is 0 Å². The lowest BCUT2D eigenvalue weighted by Crippen LogP contribution is -2.34. The van der Waals surface area contributed by atoms with E-state index in [4.69, 9.17) is 19.7 Å². The maximum atomic E-state index is 9.37. The monoisotopic (exact) mass is 742 g/mol. The maximum absolute atomic E-state index is 9.37. The third-order valence-corrected chi connectivity index (χ3v) is 10.9. The van der Waals surface area contributed by atoms with Crippen LogP contribution in [-0.2, 0) is 5.41 Å². The lowest BCUT2D eigenvalue weighted by Gasteiger charge is -2.41. The van der Waals surface area contributed by atoms with Crippen LogP contribution in [0.4, 0.5) is 0 Å². The number of ether oxygens (including phenoxy) is 1. The van der Waals surface area contributed by atoms with Crippen molar-refractivity contribution in [1.82, 2.24) is 15.0 Å². The van der Waals surface area contributed by atoms with E-state index in [1.54, 1.807) is 12.1 Å². The predicted molar refractivity (Wildman–Crippen MR) is 230 cm³/mol. The fraction of sp³-hybridized carbons (Fsp3) is 0.0189. The Morgan fingerprint density at radius 3 is 1.40 bits per heavy atom. The van der Waals surface area contributed by atoms with Gasteiger partial charge in [0.1, 0.15) is 11.5 Å². The summed E-state index contributed by atoms with van der Waals surface area (Å²) in [5.74, 6) is 3.37. The first-order chi connectivity index (χ1) is 28.7. The zero-order valence-electron chi connectivity index (χ0n) is 31.3. The second-order valence-corrected chi connectivity index (χ2v) is 14.3. The Morgan fingerprint density at radius 1 is 0.362 bits per heavy atom. The minimum atomic E-state index is -0.567. The number of hydrogen-bond acceptors (Lipinski definition) is 5. The average Bonchev–Trinajstić information content (AvgIpc) is 3.31.